The molecular weight excluding hydrogens is 338 g/mol. The molecule has 0 N–H and O–H groups in total. The van der Waals surface area contributed by atoms with Crippen molar-refractivity contribution in [2.75, 3.05) is 0 Å². The van der Waals surface area contributed by atoms with Crippen molar-refractivity contribution in [1.82, 2.24) is 0 Å². The van der Waals surface area contributed by atoms with Crippen LogP contribution in [0.5, 0.6) is 0 Å². The summed E-state index contributed by atoms with van der Waals surface area (Å²) in [6.07, 6.45) is 0. The monoisotopic (exact) mass is 346 g/mol. The van der Waals surface area contributed by atoms with Gasteiger partial charge in [-0.05, 0) is 25.5 Å². The van der Waals surface area contributed by atoms with Crippen LogP contribution in [-0.2, 0) is 0 Å². The summed E-state index contributed by atoms with van der Waals surface area (Å²) in [5.41, 5.74) is 2.64. The van der Waals surface area contributed by atoms with Gasteiger partial charge in [-0.25, -0.2) is 0 Å². The van der Waals surface area contributed by atoms with Gasteiger partial charge in [0.25, 0.3) is 0 Å². The van der Waals surface area contributed by atoms with Crippen LogP contribution in [0.1, 0.15) is 27.0 Å². The van der Waals surface area contributed by atoms with Gasteiger partial charge >= 0.3 is 0 Å². The molecule has 0 radical (unpaired) electrons. The molecule has 2 aromatic carbocycles. The van der Waals surface area contributed by atoms with Crippen LogP contribution in [-0.4, -0.2) is 5.78 Å². The van der Waals surface area contributed by atoms with Crippen LogP contribution in [0.4, 0.5) is 0 Å². The number of hydrogen-bond donors (Lipinski definition) is 0. The van der Waals surface area contributed by atoms with E-state index in [1.807, 2.05) is 26.0 Å². The molecule has 2 aromatic rings. The normalized spacial score (nSPS) is 10.7. The fourth-order valence-corrected chi connectivity index (χ4v) is 3.06. The lowest BCUT2D eigenvalue weighted by Crippen LogP contribution is -2.06. The standard InChI is InChI=1S/C15H10Cl4O/c1-7-3-4-9(8(2)5-7)15(20)12-10(16)6-11(17)13(18)14(12)19/h3-6H,1-2H3. The van der Waals surface area contributed by atoms with Crippen LogP contribution in [0.3, 0.4) is 0 Å². The number of ketones is 1. The Bertz CT molecular complexity index is 708. The maximum atomic E-state index is 12.6. The summed E-state index contributed by atoms with van der Waals surface area (Å²) >= 11 is 24.1. The molecule has 2 rings (SSSR count). The van der Waals surface area contributed by atoms with E-state index >= 15 is 0 Å². The Morgan fingerprint density at radius 2 is 1.55 bits per heavy atom. The van der Waals surface area contributed by atoms with E-state index in [4.69, 9.17) is 46.4 Å². The molecule has 5 heteroatoms. The third kappa shape index (κ3) is 2.82. The minimum Gasteiger partial charge on any atom is -0.288 e. The number of rotatable bonds is 2. The predicted octanol–water partition coefficient (Wildman–Crippen LogP) is 6.15. The smallest absolute Gasteiger partial charge is 0.196 e. The summed E-state index contributed by atoms with van der Waals surface area (Å²) in [6, 6.07) is 6.96. The van der Waals surface area contributed by atoms with E-state index < -0.39 is 0 Å². The highest BCUT2D eigenvalue weighted by atomic mass is 35.5. The van der Waals surface area contributed by atoms with Crippen molar-refractivity contribution in [1.29, 1.82) is 0 Å². The minimum absolute atomic E-state index is 0.0779. The fourth-order valence-electron chi connectivity index (χ4n) is 1.98. The average Bonchev–Trinajstić information content (AvgIpc) is 2.36. The highest BCUT2D eigenvalue weighted by molar-refractivity contribution is 6.51. The zero-order valence-electron chi connectivity index (χ0n) is 10.7. The number of halogens is 4. The van der Waals surface area contributed by atoms with Gasteiger partial charge < -0.3 is 0 Å². The lowest BCUT2D eigenvalue weighted by Gasteiger charge is -2.11. The molecule has 0 saturated carbocycles. The number of carbonyl (C=O) groups is 1. The number of benzene rings is 2. The second-order valence-electron chi connectivity index (χ2n) is 4.49. The Morgan fingerprint density at radius 3 is 2.15 bits per heavy atom. The summed E-state index contributed by atoms with van der Waals surface area (Å²) < 4.78 is 0. The van der Waals surface area contributed by atoms with Crippen molar-refractivity contribution in [3.05, 3.63) is 66.6 Å². The van der Waals surface area contributed by atoms with Gasteiger partial charge in [-0.1, -0.05) is 70.2 Å². The van der Waals surface area contributed by atoms with Crippen molar-refractivity contribution in [3.63, 3.8) is 0 Å². The Labute approximate surface area is 137 Å². The predicted molar refractivity (Wildman–Crippen MR) is 85.8 cm³/mol. The highest BCUT2D eigenvalue weighted by Crippen LogP contribution is 2.38. The van der Waals surface area contributed by atoms with Gasteiger partial charge in [-0.2, -0.15) is 0 Å². The summed E-state index contributed by atoms with van der Waals surface area (Å²) in [5, 5.41) is 0.619. The fraction of sp³-hybridized carbons (Fsp3) is 0.133. The largest absolute Gasteiger partial charge is 0.288 e. The molecule has 0 unspecified atom stereocenters. The molecule has 104 valence electrons. The Morgan fingerprint density at radius 1 is 0.900 bits per heavy atom. The molecule has 0 aliphatic rings. The quantitative estimate of drug-likeness (QED) is 0.362. The number of carbonyl (C=O) groups excluding carboxylic acids is 1. The van der Waals surface area contributed by atoms with Crippen molar-refractivity contribution < 1.29 is 4.79 Å². The van der Waals surface area contributed by atoms with Crippen LogP contribution >= 0.6 is 46.4 Å². The van der Waals surface area contributed by atoms with Gasteiger partial charge in [0, 0.05) is 5.56 Å². The molecule has 0 spiro atoms. The van der Waals surface area contributed by atoms with Crippen molar-refractivity contribution in [2.24, 2.45) is 0 Å². The zero-order chi connectivity index (χ0) is 15.0. The number of hydrogen-bond acceptors (Lipinski definition) is 1. The molecular formula is C15H10Cl4O. The Hall–Kier alpha value is -0.730. The molecule has 0 bridgehead atoms. The maximum absolute atomic E-state index is 12.6. The molecule has 1 nitrogen and oxygen atoms in total. The van der Waals surface area contributed by atoms with E-state index in [1.165, 1.54) is 6.07 Å². The van der Waals surface area contributed by atoms with Gasteiger partial charge in [-0.15, -0.1) is 0 Å². The Balaban J connectivity index is 2.63. The third-order valence-corrected chi connectivity index (χ3v) is 4.53. The van der Waals surface area contributed by atoms with E-state index in [-0.39, 0.29) is 31.4 Å². The van der Waals surface area contributed by atoms with E-state index in [1.54, 1.807) is 6.07 Å². The summed E-state index contributed by atoms with van der Waals surface area (Å²) in [7, 11) is 0. The van der Waals surface area contributed by atoms with Gasteiger partial charge in [0.15, 0.2) is 5.78 Å². The lowest BCUT2D eigenvalue weighted by atomic mass is 9.97. The van der Waals surface area contributed by atoms with Crippen molar-refractivity contribution >= 4 is 52.2 Å². The third-order valence-electron chi connectivity index (χ3n) is 2.97. The van der Waals surface area contributed by atoms with Crippen LogP contribution in [0.25, 0.3) is 0 Å². The minimum atomic E-state index is -0.268. The van der Waals surface area contributed by atoms with E-state index in [2.05, 4.69) is 0 Å². The molecule has 0 heterocycles. The van der Waals surface area contributed by atoms with Gasteiger partial charge in [0.2, 0.25) is 0 Å². The van der Waals surface area contributed by atoms with E-state index in [0.29, 0.717) is 5.56 Å². The van der Waals surface area contributed by atoms with Crippen molar-refractivity contribution in [2.45, 2.75) is 13.8 Å². The summed E-state index contributed by atoms with van der Waals surface area (Å²) in [6.45, 7) is 3.82. The lowest BCUT2D eigenvalue weighted by molar-refractivity contribution is 0.103. The van der Waals surface area contributed by atoms with Gasteiger partial charge in [0.05, 0.1) is 25.7 Å². The topological polar surface area (TPSA) is 17.1 Å². The van der Waals surface area contributed by atoms with Crippen LogP contribution in [0, 0.1) is 13.8 Å². The SMILES string of the molecule is Cc1ccc(C(=O)c2c(Cl)cc(Cl)c(Cl)c2Cl)c(C)c1. The van der Waals surface area contributed by atoms with Crippen LogP contribution in [0.15, 0.2) is 24.3 Å². The summed E-state index contributed by atoms with van der Waals surface area (Å²) in [5.74, 6) is -0.268. The molecule has 0 fully saturated rings. The summed E-state index contributed by atoms with van der Waals surface area (Å²) in [4.78, 5) is 12.6. The first-order valence-electron chi connectivity index (χ1n) is 5.78. The van der Waals surface area contributed by atoms with Gasteiger partial charge in [0.1, 0.15) is 0 Å². The average molecular weight is 348 g/mol. The molecule has 0 aliphatic carbocycles. The molecule has 0 aliphatic heterocycles. The molecule has 0 amide bonds. The second-order valence-corrected chi connectivity index (χ2v) is 6.06. The van der Waals surface area contributed by atoms with E-state index in [0.717, 1.165) is 11.1 Å². The first kappa shape index (κ1) is 15.7. The molecule has 20 heavy (non-hydrogen) atoms. The first-order chi connectivity index (χ1) is 9.32. The van der Waals surface area contributed by atoms with Crippen LogP contribution in [0.2, 0.25) is 20.1 Å². The molecule has 0 atom stereocenters. The molecule has 0 aromatic heterocycles. The second kappa shape index (κ2) is 5.95. The zero-order valence-corrected chi connectivity index (χ0v) is 13.8. The molecule has 0 saturated heterocycles. The van der Waals surface area contributed by atoms with Crippen LogP contribution < -0.4 is 0 Å². The maximum Gasteiger partial charge on any atom is 0.196 e. The first-order valence-corrected chi connectivity index (χ1v) is 7.29. The highest BCUT2D eigenvalue weighted by Gasteiger charge is 2.22. The Kier molecular flexibility index (Phi) is 4.66. The number of aryl methyl sites for hydroxylation is 2. The van der Waals surface area contributed by atoms with Gasteiger partial charge in [-0.3, -0.25) is 4.79 Å². The van der Waals surface area contributed by atoms with E-state index in [9.17, 15) is 4.79 Å². The van der Waals surface area contributed by atoms with Crippen molar-refractivity contribution in [3.8, 4) is 0 Å².